The maximum atomic E-state index is 12.1. The number of carboxylic acids is 1. The standard InChI is InChI=1S/C23H29N5O3.2ClH/c24-22(25)28-11-5-17-1-2-20(15-18(17)16-28)31-14-8-23(21(29)30)6-12-27(13-7-23)19-3-9-26-10-4-19;;/h1-4,9-10,15H,5-8,11-14,16H2,(H3,24,25)(H,29,30);2*1H. The molecule has 0 spiro atoms. The third-order valence-electron chi connectivity index (χ3n) is 6.58. The van der Waals surface area contributed by atoms with Crippen LogP contribution >= 0.6 is 24.8 Å². The van der Waals surface area contributed by atoms with Gasteiger partial charge >= 0.3 is 5.97 Å². The van der Waals surface area contributed by atoms with Gasteiger partial charge in [0.1, 0.15) is 5.75 Å². The van der Waals surface area contributed by atoms with Gasteiger partial charge in [0.2, 0.25) is 0 Å². The van der Waals surface area contributed by atoms with E-state index >= 15 is 0 Å². The van der Waals surface area contributed by atoms with Gasteiger partial charge in [0.25, 0.3) is 0 Å². The van der Waals surface area contributed by atoms with E-state index in [1.165, 1.54) is 5.56 Å². The van der Waals surface area contributed by atoms with Crippen molar-refractivity contribution in [3.8, 4) is 5.75 Å². The Morgan fingerprint density at radius 1 is 1.12 bits per heavy atom. The van der Waals surface area contributed by atoms with Crippen LogP contribution in [-0.4, -0.2) is 53.2 Å². The third kappa shape index (κ3) is 6.00. The number of nitrogens with zero attached hydrogens (tertiary/aromatic N) is 3. The molecule has 2 aliphatic heterocycles. The second-order valence-corrected chi connectivity index (χ2v) is 8.36. The number of halogens is 2. The molecule has 3 heterocycles. The number of ether oxygens (including phenoxy) is 1. The normalized spacial score (nSPS) is 16.6. The summed E-state index contributed by atoms with van der Waals surface area (Å²) in [6.07, 6.45) is 6.03. The van der Waals surface area contributed by atoms with E-state index in [0.717, 1.165) is 30.0 Å². The number of anilines is 1. The highest BCUT2D eigenvalue weighted by molar-refractivity contribution is 5.85. The zero-order valence-electron chi connectivity index (χ0n) is 18.4. The van der Waals surface area contributed by atoms with Gasteiger partial charge < -0.3 is 25.4 Å². The van der Waals surface area contributed by atoms with E-state index in [2.05, 4.69) is 16.0 Å². The fourth-order valence-corrected chi connectivity index (χ4v) is 4.51. The van der Waals surface area contributed by atoms with Crippen LogP contribution in [-0.2, 0) is 17.8 Å². The molecule has 180 valence electrons. The quantitative estimate of drug-likeness (QED) is 0.415. The Bertz CT molecular complexity index is 952. The van der Waals surface area contributed by atoms with Crippen molar-refractivity contribution in [3.05, 3.63) is 53.9 Å². The molecular weight excluding hydrogens is 465 g/mol. The number of piperidine rings is 1. The molecule has 2 aliphatic rings. The van der Waals surface area contributed by atoms with E-state index < -0.39 is 11.4 Å². The van der Waals surface area contributed by atoms with Gasteiger partial charge in [-0.3, -0.25) is 15.2 Å². The van der Waals surface area contributed by atoms with E-state index in [9.17, 15) is 9.90 Å². The Kier molecular flexibility index (Phi) is 9.19. The number of rotatable bonds is 6. The van der Waals surface area contributed by atoms with E-state index in [0.29, 0.717) is 45.5 Å². The molecule has 0 aliphatic carbocycles. The summed E-state index contributed by atoms with van der Waals surface area (Å²) in [7, 11) is 0. The van der Waals surface area contributed by atoms with Gasteiger partial charge in [-0.15, -0.1) is 24.8 Å². The molecule has 4 rings (SSSR count). The largest absolute Gasteiger partial charge is 0.494 e. The number of aromatic nitrogens is 1. The molecule has 1 aromatic carbocycles. The Morgan fingerprint density at radius 3 is 2.45 bits per heavy atom. The van der Waals surface area contributed by atoms with Crippen molar-refractivity contribution in [2.45, 2.75) is 32.2 Å². The molecule has 10 heteroatoms. The van der Waals surface area contributed by atoms with Gasteiger partial charge in [-0.25, -0.2) is 0 Å². The predicted octanol–water partition coefficient (Wildman–Crippen LogP) is 3.32. The average molecular weight is 496 g/mol. The van der Waals surface area contributed by atoms with Crippen LogP contribution in [0.3, 0.4) is 0 Å². The average Bonchev–Trinajstić information content (AvgIpc) is 2.79. The zero-order chi connectivity index (χ0) is 21.8. The number of carbonyl (C=O) groups is 1. The van der Waals surface area contributed by atoms with Crippen molar-refractivity contribution in [2.75, 3.05) is 31.1 Å². The fraction of sp³-hybridized carbons (Fsp3) is 0.435. The summed E-state index contributed by atoms with van der Waals surface area (Å²) >= 11 is 0. The highest BCUT2D eigenvalue weighted by Gasteiger charge is 2.41. The molecule has 33 heavy (non-hydrogen) atoms. The van der Waals surface area contributed by atoms with E-state index in [1.807, 2.05) is 29.2 Å². The van der Waals surface area contributed by atoms with Crippen LogP contribution in [0.5, 0.6) is 5.75 Å². The number of aliphatic carboxylic acids is 1. The number of benzene rings is 1. The van der Waals surface area contributed by atoms with E-state index in [1.54, 1.807) is 12.4 Å². The fourth-order valence-electron chi connectivity index (χ4n) is 4.51. The van der Waals surface area contributed by atoms with Gasteiger partial charge in [-0.1, -0.05) is 6.07 Å². The first-order valence-corrected chi connectivity index (χ1v) is 10.7. The summed E-state index contributed by atoms with van der Waals surface area (Å²) < 4.78 is 5.97. The van der Waals surface area contributed by atoms with E-state index in [4.69, 9.17) is 15.9 Å². The number of pyridine rings is 1. The first-order valence-electron chi connectivity index (χ1n) is 10.7. The molecule has 1 saturated heterocycles. The molecule has 8 nitrogen and oxygen atoms in total. The van der Waals surface area contributed by atoms with Crippen LogP contribution in [0.2, 0.25) is 0 Å². The molecule has 1 fully saturated rings. The first kappa shape index (κ1) is 26.5. The van der Waals surface area contributed by atoms with Gasteiger partial charge in [0.05, 0.1) is 12.0 Å². The molecule has 0 unspecified atom stereocenters. The number of carboxylic acid groups (broad SMARTS) is 1. The molecule has 2 aromatic rings. The van der Waals surface area contributed by atoms with Gasteiger partial charge in [0.15, 0.2) is 5.96 Å². The molecule has 0 radical (unpaired) electrons. The van der Waals surface area contributed by atoms with Crippen LogP contribution < -0.4 is 15.4 Å². The summed E-state index contributed by atoms with van der Waals surface area (Å²) in [6, 6.07) is 9.91. The maximum Gasteiger partial charge on any atom is 0.309 e. The summed E-state index contributed by atoms with van der Waals surface area (Å²) in [5.41, 5.74) is 8.31. The number of hydrogen-bond donors (Lipinski definition) is 3. The Morgan fingerprint density at radius 2 is 1.82 bits per heavy atom. The predicted molar refractivity (Wildman–Crippen MR) is 133 cm³/mol. The van der Waals surface area contributed by atoms with Crippen molar-refractivity contribution in [3.63, 3.8) is 0 Å². The number of nitrogens with two attached hydrogens (primary N) is 1. The summed E-state index contributed by atoms with van der Waals surface area (Å²) in [4.78, 5) is 20.2. The lowest BCUT2D eigenvalue weighted by Crippen LogP contribution is -2.45. The maximum absolute atomic E-state index is 12.1. The van der Waals surface area contributed by atoms with Crippen molar-refractivity contribution in [1.82, 2.24) is 9.88 Å². The Balaban J connectivity index is 0.00000193. The smallest absolute Gasteiger partial charge is 0.309 e. The minimum Gasteiger partial charge on any atom is -0.494 e. The van der Waals surface area contributed by atoms with E-state index in [-0.39, 0.29) is 30.8 Å². The molecule has 0 atom stereocenters. The molecule has 0 saturated carbocycles. The first-order chi connectivity index (χ1) is 15.0. The highest BCUT2D eigenvalue weighted by Crippen LogP contribution is 2.37. The number of guanidine groups is 1. The highest BCUT2D eigenvalue weighted by atomic mass is 35.5. The van der Waals surface area contributed by atoms with Crippen LogP contribution in [0, 0.1) is 10.8 Å². The number of nitrogens with one attached hydrogen (secondary N) is 1. The van der Waals surface area contributed by atoms with Crippen molar-refractivity contribution in [2.24, 2.45) is 11.1 Å². The lowest BCUT2D eigenvalue weighted by molar-refractivity contribution is -0.151. The van der Waals surface area contributed by atoms with Crippen molar-refractivity contribution >= 4 is 42.4 Å². The topological polar surface area (TPSA) is 116 Å². The SMILES string of the molecule is Cl.Cl.N=C(N)N1CCc2ccc(OCCC3(C(=O)O)CCN(c4ccncc4)CC3)cc2C1. The second-order valence-electron chi connectivity index (χ2n) is 8.36. The Hall–Kier alpha value is -2.71. The minimum atomic E-state index is -0.761. The molecule has 0 amide bonds. The van der Waals surface area contributed by atoms with Crippen LogP contribution in [0.1, 0.15) is 30.4 Å². The summed E-state index contributed by atoms with van der Waals surface area (Å²) in [6.45, 7) is 3.12. The second kappa shape index (κ2) is 11.4. The molecule has 1 aromatic heterocycles. The molecule has 0 bridgehead atoms. The van der Waals surface area contributed by atoms with Crippen molar-refractivity contribution < 1.29 is 14.6 Å². The lowest BCUT2D eigenvalue weighted by Gasteiger charge is -2.39. The zero-order valence-corrected chi connectivity index (χ0v) is 20.0. The third-order valence-corrected chi connectivity index (χ3v) is 6.58. The van der Waals surface area contributed by atoms with Gasteiger partial charge in [0, 0.05) is 44.3 Å². The molecular formula is C23H31Cl2N5O3. The minimum absolute atomic E-state index is 0. The van der Waals surface area contributed by atoms with Crippen LogP contribution in [0.25, 0.3) is 0 Å². The van der Waals surface area contributed by atoms with Crippen LogP contribution in [0.4, 0.5) is 5.69 Å². The number of hydrogen-bond acceptors (Lipinski definition) is 5. The monoisotopic (exact) mass is 495 g/mol. The summed E-state index contributed by atoms with van der Waals surface area (Å²) in [5, 5.41) is 17.6. The lowest BCUT2D eigenvalue weighted by atomic mass is 9.76. The van der Waals surface area contributed by atoms with Gasteiger partial charge in [-0.05, 0) is 61.1 Å². The number of fused-ring (bicyclic) bond motifs is 1. The Labute approximate surface area is 206 Å². The van der Waals surface area contributed by atoms with Gasteiger partial charge in [-0.2, -0.15) is 0 Å². The van der Waals surface area contributed by atoms with Crippen LogP contribution in [0.15, 0.2) is 42.7 Å². The van der Waals surface area contributed by atoms with Crippen molar-refractivity contribution in [1.29, 1.82) is 5.41 Å². The molecule has 4 N–H and O–H groups in total. The summed E-state index contributed by atoms with van der Waals surface area (Å²) in [5.74, 6) is 0.0745.